The highest BCUT2D eigenvalue weighted by Gasteiger charge is 2.32. The molecule has 0 aliphatic carbocycles. The molecule has 4 heterocycles. The van der Waals surface area contributed by atoms with Crippen LogP contribution in [0, 0.1) is 6.92 Å². The van der Waals surface area contributed by atoms with Crippen molar-refractivity contribution >= 4 is 16.8 Å². The third kappa shape index (κ3) is 4.05. The van der Waals surface area contributed by atoms with Crippen LogP contribution in [-0.4, -0.2) is 71.1 Å². The minimum absolute atomic E-state index is 0.0947. The van der Waals surface area contributed by atoms with Crippen LogP contribution in [0.15, 0.2) is 42.7 Å². The summed E-state index contributed by atoms with van der Waals surface area (Å²) in [6, 6.07) is 10.7. The van der Waals surface area contributed by atoms with Gasteiger partial charge in [0.15, 0.2) is 0 Å². The average molecular weight is 433 g/mol. The molecule has 2 atom stereocenters. The number of hydrogen-bond acceptors (Lipinski definition) is 4. The number of morpholine rings is 1. The predicted octanol–water partition coefficient (Wildman–Crippen LogP) is 3.97. The van der Waals surface area contributed by atoms with Crippen molar-refractivity contribution in [2.45, 2.75) is 38.6 Å². The smallest absolute Gasteiger partial charge is 0.239 e. The van der Waals surface area contributed by atoms with E-state index in [1.54, 1.807) is 0 Å². The van der Waals surface area contributed by atoms with E-state index in [-0.39, 0.29) is 11.9 Å². The number of aromatic amines is 1. The lowest BCUT2D eigenvalue weighted by Crippen LogP contribution is -2.52. The van der Waals surface area contributed by atoms with E-state index in [4.69, 9.17) is 4.74 Å². The quantitative estimate of drug-likeness (QED) is 0.678. The molecule has 0 bridgehead atoms. The molecule has 0 unspecified atom stereocenters. The fourth-order valence-electron chi connectivity index (χ4n) is 5.26. The number of piperidine rings is 1. The Bertz CT molecular complexity index is 1090. The number of likely N-dealkylation sites (tertiary alicyclic amines) is 1. The first-order valence-corrected chi connectivity index (χ1v) is 11.7. The van der Waals surface area contributed by atoms with Gasteiger partial charge >= 0.3 is 0 Å². The first-order valence-electron chi connectivity index (χ1n) is 11.7. The Balaban J connectivity index is 1.45. The fourth-order valence-corrected chi connectivity index (χ4v) is 5.26. The van der Waals surface area contributed by atoms with Gasteiger partial charge in [-0.3, -0.25) is 14.7 Å². The van der Waals surface area contributed by atoms with E-state index in [0.29, 0.717) is 19.1 Å². The van der Waals surface area contributed by atoms with Gasteiger partial charge in [0.1, 0.15) is 0 Å². The second-order valence-corrected chi connectivity index (χ2v) is 9.15. The average Bonchev–Trinajstić information content (AvgIpc) is 3.23. The van der Waals surface area contributed by atoms with E-state index in [1.807, 2.05) is 19.3 Å². The molecular formula is C26H32N4O2. The van der Waals surface area contributed by atoms with E-state index in [9.17, 15) is 4.79 Å². The zero-order valence-corrected chi connectivity index (χ0v) is 19.0. The second-order valence-electron chi connectivity index (χ2n) is 9.15. The highest BCUT2D eigenvalue weighted by atomic mass is 16.5. The van der Waals surface area contributed by atoms with Crippen molar-refractivity contribution in [1.82, 2.24) is 19.8 Å². The molecule has 0 saturated carbocycles. The molecule has 1 N–H and O–H groups in total. The maximum atomic E-state index is 13.4. The number of nitrogens with zero attached hydrogens (tertiary/aromatic N) is 3. The van der Waals surface area contributed by atoms with Crippen LogP contribution < -0.4 is 0 Å². The Labute approximate surface area is 189 Å². The maximum absolute atomic E-state index is 13.4. The molecule has 2 aliphatic rings. The molecule has 2 saturated heterocycles. The first-order chi connectivity index (χ1) is 15.6. The van der Waals surface area contributed by atoms with Crippen LogP contribution in [-0.2, 0) is 9.53 Å². The van der Waals surface area contributed by atoms with Gasteiger partial charge in [0.25, 0.3) is 0 Å². The zero-order valence-electron chi connectivity index (χ0n) is 19.0. The van der Waals surface area contributed by atoms with E-state index in [2.05, 4.69) is 57.0 Å². The molecule has 0 radical (unpaired) electrons. The number of benzene rings is 1. The van der Waals surface area contributed by atoms with Crippen molar-refractivity contribution < 1.29 is 9.53 Å². The summed E-state index contributed by atoms with van der Waals surface area (Å²) in [5, 5.41) is 1.25. The molecule has 32 heavy (non-hydrogen) atoms. The van der Waals surface area contributed by atoms with Crippen molar-refractivity contribution in [3.05, 3.63) is 54.0 Å². The van der Waals surface area contributed by atoms with Gasteiger partial charge in [-0.15, -0.1) is 0 Å². The predicted molar refractivity (Wildman–Crippen MR) is 127 cm³/mol. The maximum Gasteiger partial charge on any atom is 0.239 e. The van der Waals surface area contributed by atoms with Gasteiger partial charge in [0.05, 0.1) is 19.3 Å². The molecule has 1 amide bonds. The summed E-state index contributed by atoms with van der Waals surface area (Å²) >= 11 is 0. The first kappa shape index (κ1) is 21.2. The van der Waals surface area contributed by atoms with Crippen LogP contribution in [0.4, 0.5) is 0 Å². The second kappa shape index (κ2) is 9.04. The zero-order chi connectivity index (χ0) is 22.1. The largest absolute Gasteiger partial charge is 0.379 e. The number of ether oxygens (including phenoxy) is 1. The van der Waals surface area contributed by atoms with Crippen LogP contribution in [0.1, 0.15) is 36.9 Å². The Hall–Kier alpha value is -2.70. The van der Waals surface area contributed by atoms with Crippen molar-refractivity contribution in [2.75, 3.05) is 39.4 Å². The van der Waals surface area contributed by atoms with Crippen molar-refractivity contribution in [1.29, 1.82) is 0 Å². The summed E-state index contributed by atoms with van der Waals surface area (Å²) in [7, 11) is 0. The Morgan fingerprint density at radius 3 is 2.72 bits per heavy atom. The standard InChI is InChI=1S/C26H32N4O2/c1-18-5-6-23-22(16-18)24(20-7-9-27-10-8-20)25(28-23)21-4-3-11-30(17-21)26(31)19(2)29-12-14-32-15-13-29/h5-10,16,19,21,28H,3-4,11-15,17H2,1-2H3/t19-,21+/m0/s1. The molecule has 6 nitrogen and oxygen atoms in total. The number of rotatable bonds is 4. The van der Waals surface area contributed by atoms with Crippen molar-refractivity contribution in [3.63, 3.8) is 0 Å². The summed E-state index contributed by atoms with van der Waals surface area (Å²) < 4.78 is 5.47. The summed E-state index contributed by atoms with van der Waals surface area (Å²) in [5.41, 5.74) is 6.08. The van der Waals surface area contributed by atoms with Crippen LogP contribution in [0.3, 0.4) is 0 Å². The van der Waals surface area contributed by atoms with E-state index in [0.717, 1.165) is 44.5 Å². The number of aryl methyl sites for hydroxylation is 1. The van der Waals surface area contributed by atoms with E-state index >= 15 is 0 Å². The third-order valence-corrected chi connectivity index (χ3v) is 7.04. The number of fused-ring (bicyclic) bond motifs is 1. The topological polar surface area (TPSA) is 61.5 Å². The number of hydrogen-bond donors (Lipinski definition) is 1. The van der Waals surface area contributed by atoms with Crippen LogP contribution in [0.25, 0.3) is 22.0 Å². The van der Waals surface area contributed by atoms with Crippen molar-refractivity contribution in [2.24, 2.45) is 0 Å². The number of nitrogens with one attached hydrogen (secondary N) is 1. The summed E-state index contributed by atoms with van der Waals surface area (Å²) in [6.07, 6.45) is 5.82. The lowest BCUT2D eigenvalue weighted by Gasteiger charge is -2.38. The molecule has 2 aliphatic heterocycles. The summed E-state index contributed by atoms with van der Waals surface area (Å²) in [5.74, 6) is 0.537. The minimum atomic E-state index is -0.0947. The van der Waals surface area contributed by atoms with Gasteiger partial charge < -0.3 is 14.6 Å². The summed E-state index contributed by atoms with van der Waals surface area (Å²) in [6.45, 7) is 8.87. The lowest BCUT2D eigenvalue weighted by molar-refractivity contribution is -0.139. The molecule has 3 aromatic rings. The van der Waals surface area contributed by atoms with Crippen LogP contribution >= 0.6 is 0 Å². The van der Waals surface area contributed by atoms with Gasteiger partial charge in [-0.05, 0) is 56.5 Å². The lowest BCUT2D eigenvalue weighted by atomic mass is 9.89. The molecular weight excluding hydrogens is 400 g/mol. The van der Waals surface area contributed by atoms with Gasteiger partial charge in [0, 0.05) is 66.7 Å². The number of aromatic nitrogens is 2. The monoisotopic (exact) mass is 432 g/mol. The summed E-state index contributed by atoms with van der Waals surface area (Å²) in [4.78, 5) is 25.7. The Morgan fingerprint density at radius 1 is 1.16 bits per heavy atom. The van der Waals surface area contributed by atoms with Crippen LogP contribution in [0.5, 0.6) is 0 Å². The highest BCUT2D eigenvalue weighted by Crippen LogP contribution is 2.39. The molecule has 0 spiro atoms. The van der Waals surface area contributed by atoms with Gasteiger partial charge in [-0.25, -0.2) is 0 Å². The molecule has 6 heteroatoms. The number of carbonyl (C=O) groups is 1. The third-order valence-electron chi connectivity index (χ3n) is 7.04. The Morgan fingerprint density at radius 2 is 1.94 bits per heavy atom. The van der Waals surface area contributed by atoms with Gasteiger partial charge in [-0.1, -0.05) is 11.6 Å². The van der Waals surface area contributed by atoms with Crippen molar-refractivity contribution in [3.8, 4) is 11.1 Å². The number of carbonyl (C=O) groups excluding carboxylic acids is 1. The SMILES string of the molecule is Cc1ccc2[nH]c([C@@H]3CCCN(C(=O)[C@H](C)N4CCOCC4)C3)c(-c3ccncc3)c2c1. The normalized spacial score (nSPS) is 21.1. The molecule has 2 fully saturated rings. The molecule has 168 valence electrons. The number of H-pyrrole nitrogens is 1. The highest BCUT2D eigenvalue weighted by molar-refractivity contribution is 5.98. The van der Waals surface area contributed by atoms with Gasteiger partial charge in [0.2, 0.25) is 5.91 Å². The van der Waals surface area contributed by atoms with Gasteiger partial charge in [-0.2, -0.15) is 0 Å². The minimum Gasteiger partial charge on any atom is -0.379 e. The fraction of sp³-hybridized carbons (Fsp3) is 0.462. The van der Waals surface area contributed by atoms with E-state index in [1.165, 1.54) is 27.8 Å². The molecule has 5 rings (SSSR count). The van der Waals surface area contributed by atoms with E-state index < -0.39 is 0 Å². The Kier molecular flexibility index (Phi) is 5.98. The molecule has 1 aromatic carbocycles. The number of amides is 1. The molecule has 2 aromatic heterocycles. The van der Waals surface area contributed by atoms with Crippen LogP contribution in [0.2, 0.25) is 0 Å². The number of pyridine rings is 1.